The Morgan fingerprint density at radius 3 is 2.88 bits per heavy atom. The highest BCUT2D eigenvalue weighted by Gasteiger charge is 2.11. The van der Waals surface area contributed by atoms with Crippen molar-refractivity contribution in [3.63, 3.8) is 0 Å². The molecule has 1 unspecified atom stereocenters. The van der Waals surface area contributed by atoms with Gasteiger partial charge >= 0.3 is 0 Å². The van der Waals surface area contributed by atoms with Crippen molar-refractivity contribution in [2.45, 2.75) is 32.7 Å². The lowest BCUT2D eigenvalue weighted by molar-refractivity contribution is 0.259. The van der Waals surface area contributed by atoms with E-state index in [0.717, 1.165) is 13.1 Å². The number of unbranched alkanes of at least 4 members (excludes halogenated alkanes) is 1. The molecule has 1 atom stereocenters. The first-order valence-corrected chi connectivity index (χ1v) is 7.08. The van der Waals surface area contributed by atoms with Crippen molar-refractivity contribution in [3.8, 4) is 0 Å². The van der Waals surface area contributed by atoms with E-state index in [1.54, 1.807) is 0 Å². The van der Waals surface area contributed by atoms with Gasteiger partial charge in [-0.15, -0.1) is 11.3 Å². The van der Waals surface area contributed by atoms with Crippen LogP contribution in [-0.4, -0.2) is 31.6 Å². The van der Waals surface area contributed by atoms with Crippen molar-refractivity contribution < 1.29 is 0 Å². The number of rotatable bonds is 8. The molecule has 0 aromatic carbocycles. The van der Waals surface area contributed by atoms with E-state index in [-0.39, 0.29) is 0 Å². The Hall–Kier alpha value is -0.380. The first-order chi connectivity index (χ1) is 7.75. The van der Waals surface area contributed by atoms with Gasteiger partial charge in [0.25, 0.3) is 0 Å². The Labute approximate surface area is 104 Å². The van der Waals surface area contributed by atoms with Crippen LogP contribution in [0.15, 0.2) is 17.5 Å². The molecule has 0 aliphatic rings. The minimum atomic E-state index is 0.555. The standard InChI is InChI=1S/C13H24N2S/c1-4-14-9-5-6-10-15(3)12(2)13-8-7-11-16-13/h7-8,11-12,14H,4-6,9-10H2,1-3H3. The van der Waals surface area contributed by atoms with Gasteiger partial charge in [-0.1, -0.05) is 13.0 Å². The molecule has 1 aromatic rings. The Balaban J connectivity index is 2.17. The molecule has 2 nitrogen and oxygen atoms in total. The van der Waals surface area contributed by atoms with Gasteiger partial charge in [-0.2, -0.15) is 0 Å². The van der Waals surface area contributed by atoms with Crippen LogP contribution in [0, 0.1) is 0 Å². The lowest BCUT2D eigenvalue weighted by Crippen LogP contribution is -2.24. The Morgan fingerprint density at radius 2 is 2.25 bits per heavy atom. The molecule has 16 heavy (non-hydrogen) atoms. The van der Waals surface area contributed by atoms with Crippen LogP contribution in [0.25, 0.3) is 0 Å². The molecule has 0 fully saturated rings. The molecule has 92 valence electrons. The first kappa shape index (κ1) is 13.7. The summed E-state index contributed by atoms with van der Waals surface area (Å²) in [5.41, 5.74) is 0. The maximum Gasteiger partial charge on any atom is 0.0410 e. The molecular formula is C13H24N2S. The summed E-state index contributed by atoms with van der Waals surface area (Å²) in [5, 5.41) is 5.52. The van der Waals surface area contributed by atoms with Gasteiger partial charge in [-0.3, -0.25) is 4.90 Å². The lowest BCUT2D eigenvalue weighted by atomic mass is 10.2. The molecule has 0 radical (unpaired) electrons. The molecule has 0 aliphatic carbocycles. The molecule has 1 heterocycles. The largest absolute Gasteiger partial charge is 0.317 e. The number of hydrogen-bond donors (Lipinski definition) is 1. The van der Waals surface area contributed by atoms with Crippen LogP contribution in [0.1, 0.15) is 37.6 Å². The quantitative estimate of drug-likeness (QED) is 0.702. The predicted molar refractivity (Wildman–Crippen MR) is 73.1 cm³/mol. The fourth-order valence-electron chi connectivity index (χ4n) is 1.73. The maximum atomic E-state index is 3.36. The van der Waals surface area contributed by atoms with E-state index < -0.39 is 0 Å². The van der Waals surface area contributed by atoms with Crippen LogP contribution in [0.3, 0.4) is 0 Å². The molecule has 3 heteroatoms. The smallest absolute Gasteiger partial charge is 0.0410 e. The average molecular weight is 240 g/mol. The first-order valence-electron chi connectivity index (χ1n) is 6.20. The third-order valence-corrected chi connectivity index (χ3v) is 4.02. The van der Waals surface area contributed by atoms with Gasteiger partial charge in [0.2, 0.25) is 0 Å². The molecular weight excluding hydrogens is 216 g/mol. The number of nitrogens with one attached hydrogen (secondary N) is 1. The maximum absolute atomic E-state index is 3.36. The third kappa shape index (κ3) is 4.64. The zero-order chi connectivity index (χ0) is 11.8. The van der Waals surface area contributed by atoms with E-state index in [0.29, 0.717) is 6.04 Å². The molecule has 0 saturated carbocycles. The average Bonchev–Trinajstić information content (AvgIpc) is 2.81. The Bertz CT molecular complexity index is 259. The van der Waals surface area contributed by atoms with Crippen LogP contribution in [0.2, 0.25) is 0 Å². The van der Waals surface area contributed by atoms with Crippen LogP contribution in [-0.2, 0) is 0 Å². The lowest BCUT2D eigenvalue weighted by Gasteiger charge is -2.23. The molecule has 0 bridgehead atoms. The molecule has 0 amide bonds. The Morgan fingerprint density at radius 1 is 1.44 bits per heavy atom. The van der Waals surface area contributed by atoms with Gasteiger partial charge in [0.05, 0.1) is 0 Å². The van der Waals surface area contributed by atoms with Gasteiger partial charge in [0, 0.05) is 10.9 Å². The predicted octanol–water partition coefficient (Wildman–Crippen LogP) is 3.13. The monoisotopic (exact) mass is 240 g/mol. The zero-order valence-electron chi connectivity index (χ0n) is 10.7. The van der Waals surface area contributed by atoms with Crippen LogP contribution in [0.4, 0.5) is 0 Å². The van der Waals surface area contributed by atoms with Crippen molar-refractivity contribution in [2.75, 3.05) is 26.7 Å². The van der Waals surface area contributed by atoms with Crippen molar-refractivity contribution in [1.82, 2.24) is 10.2 Å². The van der Waals surface area contributed by atoms with Gasteiger partial charge in [-0.05, 0) is 57.9 Å². The van der Waals surface area contributed by atoms with Gasteiger partial charge in [-0.25, -0.2) is 0 Å². The summed E-state index contributed by atoms with van der Waals surface area (Å²) in [6, 6.07) is 4.92. The van der Waals surface area contributed by atoms with Crippen LogP contribution >= 0.6 is 11.3 Å². The van der Waals surface area contributed by atoms with E-state index in [9.17, 15) is 0 Å². The van der Waals surface area contributed by atoms with Crippen molar-refractivity contribution in [3.05, 3.63) is 22.4 Å². The second kappa shape index (κ2) is 7.82. The SMILES string of the molecule is CCNCCCCN(C)C(C)c1cccs1. The number of nitrogens with zero attached hydrogens (tertiary/aromatic N) is 1. The second-order valence-electron chi connectivity index (χ2n) is 4.23. The van der Waals surface area contributed by atoms with Crippen LogP contribution < -0.4 is 5.32 Å². The van der Waals surface area contributed by atoms with Crippen molar-refractivity contribution in [1.29, 1.82) is 0 Å². The van der Waals surface area contributed by atoms with Crippen LogP contribution in [0.5, 0.6) is 0 Å². The summed E-state index contributed by atoms with van der Waals surface area (Å²) >= 11 is 1.85. The number of thiophene rings is 1. The zero-order valence-corrected chi connectivity index (χ0v) is 11.5. The van der Waals surface area contributed by atoms with Gasteiger partial charge in [0.1, 0.15) is 0 Å². The highest BCUT2D eigenvalue weighted by atomic mass is 32.1. The van der Waals surface area contributed by atoms with Crippen molar-refractivity contribution >= 4 is 11.3 Å². The molecule has 1 rings (SSSR count). The fourth-order valence-corrected chi connectivity index (χ4v) is 2.58. The minimum Gasteiger partial charge on any atom is -0.317 e. The summed E-state index contributed by atoms with van der Waals surface area (Å²) in [6.07, 6.45) is 2.55. The van der Waals surface area contributed by atoms with E-state index in [2.05, 4.69) is 48.6 Å². The minimum absolute atomic E-state index is 0.555. The topological polar surface area (TPSA) is 15.3 Å². The summed E-state index contributed by atoms with van der Waals surface area (Å²) in [6.45, 7) is 7.87. The van der Waals surface area contributed by atoms with E-state index in [1.165, 1.54) is 24.3 Å². The molecule has 0 spiro atoms. The van der Waals surface area contributed by atoms with E-state index >= 15 is 0 Å². The molecule has 1 aromatic heterocycles. The van der Waals surface area contributed by atoms with Gasteiger partial charge in [0.15, 0.2) is 0 Å². The fraction of sp³-hybridized carbons (Fsp3) is 0.692. The third-order valence-electron chi connectivity index (χ3n) is 2.98. The summed E-state index contributed by atoms with van der Waals surface area (Å²) in [4.78, 5) is 3.91. The molecule has 0 aliphatic heterocycles. The normalized spacial score (nSPS) is 13.2. The highest BCUT2D eigenvalue weighted by molar-refractivity contribution is 7.10. The second-order valence-corrected chi connectivity index (χ2v) is 5.21. The van der Waals surface area contributed by atoms with E-state index in [1.807, 2.05) is 11.3 Å². The summed E-state index contributed by atoms with van der Waals surface area (Å²) in [7, 11) is 2.22. The number of hydrogen-bond acceptors (Lipinski definition) is 3. The van der Waals surface area contributed by atoms with E-state index in [4.69, 9.17) is 0 Å². The summed E-state index contributed by atoms with van der Waals surface area (Å²) < 4.78 is 0. The Kier molecular flexibility index (Phi) is 6.69. The summed E-state index contributed by atoms with van der Waals surface area (Å²) in [5.74, 6) is 0. The molecule has 0 saturated heterocycles. The van der Waals surface area contributed by atoms with Crippen molar-refractivity contribution in [2.24, 2.45) is 0 Å². The van der Waals surface area contributed by atoms with Gasteiger partial charge < -0.3 is 5.32 Å². The highest BCUT2D eigenvalue weighted by Crippen LogP contribution is 2.23. The molecule has 1 N–H and O–H groups in total.